The smallest absolute Gasteiger partial charge is 0.421 e. The van der Waals surface area contributed by atoms with Crippen LogP contribution in [0.4, 0.5) is 16.4 Å². The lowest BCUT2D eigenvalue weighted by Crippen LogP contribution is -2.45. The molecule has 1 aliphatic heterocycles. The van der Waals surface area contributed by atoms with Gasteiger partial charge >= 0.3 is 12.1 Å². The van der Waals surface area contributed by atoms with Crippen molar-refractivity contribution in [2.75, 3.05) is 29.9 Å². The Morgan fingerprint density at radius 2 is 1.57 bits per heavy atom. The number of imidazole rings is 1. The van der Waals surface area contributed by atoms with Gasteiger partial charge in [-0.2, -0.15) is 0 Å². The van der Waals surface area contributed by atoms with E-state index in [9.17, 15) is 14.4 Å². The lowest BCUT2D eigenvalue weighted by Gasteiger charge is -2.34. The molecule has 0 saturated carbocycles. The predicted molar refractivity (Wildman–Crippen MR) is 163 cm³/mol. The van der Waals surface area contributed by atoms with Crippen LogP contribution in [0.3, 0.4) is 0 Å². The van der Waals surface area contributed by atoms with Crippen LogP contribution in [0.2, 0.25) is 0 Å². The number of aromatic nitrogens is 2. The fraction of sp³-hybridized carbons (Fsp3) is 0.484. The highest BCUT2D eigenvalue weighted by Crippen LogP contribution is 2.26. The summed E-state index contributed by atoms with van der Waals surface area (Å²) in [4.78, 5) is 44.7. The number of para-hydroxylation sites is 2. The molecule has 1 atom stereocenters. The molecule has 3 aromatic rings. The first-order valence-corrected chi connectivity index (χ1v) is 14.3. The monoisotopic (exact) mass is 578 g/mol. The number of ether oxygens (including phenoxy) is 2. The predicted octanol–water partition coefficient (Wildman–Crippen LogP) is 4.30. The van der Waals surface area contributed by atoms with Crippen LogP contribution in [0.5, 0.6) is 0 Å². The number of hydrogen-bond donors (Lipinski definition) is 3. The van der Waals surface area contributed by atoms with Crippen molar-refractivity contribution < 1.29 is 23.9 Å². The van der Waals surface area contributed by atoms with Gasteiger partial charge in [0.1, 0.15) is 17.2 Å². The molecule has 226 valence electrons. The van der Waals surface area contributed by atoms with Crippen molar-refractivity contribution in [3.63, 3.8) is 0 Å². The Labute approximate surface area is 246 Å². The van der Waals surface area contributed by atoms with Crippen molar-refractivity contribution in [2.45, 2.75) is 77.7 Å². The van der Waals surface area contributed by atoms with Gasteiger partial charge in [0.05, 0.1) is 11.0 Å². The number of carbonyl (C=O) groups excluding carboxylic acids is 3. The van der Waals surface area contributed by atoms with Crippen LogP contribution in [0.15, 0.2) is 48.5 Å². The first-order valence-electron chi connectivity index (χ1n) is 14.3. The van der Waals surface area contributed by atoms with E-state index in [1.807, 2.05) is 57.2 Å². The second-order valence-electron chi connectivity index (χ2n) is 12.5. The summed E-state index contributed by atoms with van der Waals surface area (Å²) in [6.07, 6.45) is 1.21. The summed E-state index contributed by atoms with van der Waals surface area (Å²) in [5.41, 5.74) is 7.50. The number of fused-ring (bicyclic) bond motifs is 1. The van der Waals surface area contributed by atoms with Gasteiger partial charge < -0.3 is 30.7 Å². The standard InChI is InChI=1S/C31H42N6O5/c1-30(2,3)41-27(39)23(32)19-33-26(38)20-11-13-22(14-12-20)36-17-15-21(16-18-36)34-28-35-24-9-7-8-10-25(24)37(28)29(40)42-31(4,5)6/h7-14,21,23H,15-19,32H2,1-6H3,(H,33,38)(H,34,35)/t23-/m0/s1. The van der Waals surface area contributed by atoms with E-state index >= 15 is 0 Å². The maximum atomic E-state index is 13.1. The second-order valence-corrected chi connectivity index (χ2v) is 12.5. The summed E-state index contributed by atoms with van der Waals surface area (Å²) in [6.45, 7) is 12.4. The molecule has 0 bridgehead atoms. The first-order chi connectivity index (χ1) is 19.7. The molecule has 4 N–H and O–H groups in total. The summed E-state index contributed by atoms with van der Waals surface area (Å²) in [7, 11) is 0. The Morgan fingerprint density at radius 3 is 2.19 bits per heavy atom. The van der Waals surface area contributed by atoms with Gasteiger partial charge in [-0.25, -0.2) is 14.3 Å². The van der Waals surface area contributed by atoms with Crippen LogP contribution < -0.4 is 21.3 Å². The topological polar surface area (TPSA) is 141 Å². The van der Waals surface area contributed by atoms with Crippen molar-refractivity contribution in [3.05, 3.63) is 54.1 Å². The van der Waals surface area contributed by atoms with Crippen LogP contribution in [-0.2, 0) is 14.3 Å². The quantitative estimate of drug-likeness (QED) is 0.350. The van der Waals surface area contributed by atoms with Gasteiger partial charge in [0, 0.05) is 36.9 Å². The minimum absolute atomic E-state index is 0.0161. The molecule has 11 nitrogen and oxygen atoms in total. The molecule has 0 radical (unpaired) electrons. The number of benzene rings is 2. The largest absolute Gasteiger partial charge is 0.459 e. The lowest BCUT2D eigenvalue weighted by molar-refractivity contribution is -0.156. The Kier molecular flexibility index (Phi) is 9.10. The molecule has 0 unspecified atom stereocenters. The maximum Gasteiger partial charge on any atom is 0.421 e. The van der Waals surface area contributed by atoms with Crippen molar-refractivity contribution in [1.29, 1.82) is 0 Å². The van der Waals surface area contributed by atoms with Gasteiger partial charge in [-0.3, -0.25) is 9.59 Å². The zero-order valence-corrected chi connectivity index (χ0v) is 25.3. The van der Waals surface area contributed by atoms with Gasteiger partial charge in [-0.05, 0) is 90.8 Å². The molecule has 42 heavy (non-hydrogen) atoms. The Bertz CT molecular complexity index is 1410. The molecular weight excluding hydrogens is 536 g/mol. The minimum Gasteiger partial charge on any atom is -0.459 e. The highest BCUT2D eigenvalue weighted by Gasteiger charge is 2.27. The Balaban J connectivity index is 1.33. The molecule has 0 spiro atoms. The van der Waals surface area contributed by atoms with E-state index in [0.29, 0.717) is 17.0 Å². The number of anilines is 2. The van der Waals surface area contributed by atoms with Crippen molar-refractivity contribution in [1.82, 2.24) is 14.9 Å². The molecule has 1 aromatic heterocycles. The average Bonchev–Trinajstić information content (AvgIpc) is 3.28. The summed E-state index contributed by atoms with van der Waals surface area (Å²) in [5, 5.41) is 6.17. The van der Waals surface area contributed by atoms with Gasteiger partial charge in [0.15, 0.2) is 0 Å². The number of piperidine rings is 1. The molecule has 1 amide bonds. The molecular formula is C31H42N6O5. The van der Waals surface area contributed by atoms with Crippen molar-refractivity contribution in [2.24, 2.45) is 5.73 Å². The van der Waals surface area contributed by atoms with Crippen LogP contribution in [0.25, 0.3) is 11.0 Å². The van der Waals surface area contributed by atoms with E-state index in [2.05, 4.69) is 20.5 Å². The van der Waals surface area contributed by atoms with E-state index < -0.39 is 29.3 Å². The number of hydrogen-bond acceptors (Lipinski definition) is 9. The zero-order chi connectivity index (χ0) is 30.7. The number of rotatable bonds is 7. The van der Waals surface area contributed by atoms with Gasteiger partial charge in [-0.1, -0.05) is 12.1 Å². The fourth-order valence-corrected chi connectivity index (χ4v) is 4.67. The molecule has 1 fully saturated rings. The zero-order valence-electron chi connectivity index (χ0n) is 25.3. The SMILES string of the molecule is CC(C)(C)OC(=O)[C@@H](N)CNC(=O)c1ccc(N2CCC(Nc3nc4ccccc4n3C(=O)OC(C)(C)C)CC2)cc1. The lowest BCUT2D eigenvalue weighted by atomic mass is 10.0. The first kappa shape index (κ1) is 30.8. The van der Waals surface area contributed by atoms with E-state index in [0.717, 1.165) is 37.1 Å². The van der Waals surface area contributed by atoms with Gasteiger partial charge in [0.2, 0.25) is 5.95 Å². The van der Waals surface area contributed by atoms with Crippen LogP contribution in [0, 0.1) is 0 Å². The van der Waals surface area contributed by atoms with E-state index in [1.165, 1.54) is 4.57 Å². The van der Waals surface area contributed by atoms with Gasteiger partial charge in [-0.15, -0.1) is 0 Å². The van der Waals surface area contributed by atoms with Crippen LogP contribution in [-0.4, -0.2) is 70.4 Å². The van der Waals surface area contributed by atoms with Crippen LogP contribution >= 0.6 is 0 Å². The van der Waals surface area contributed by atoms with Crippen molar-refractivity contribution in [3.8, 4) is 0 Å². The normalized spacial score (nSPS) is 15.3. The van der Waals surface area contributed by atoms with E-state index in [4.69, 9.17) is 15.2 Å². The number of nitrogens with zero attached hydrogens (tertiary/aromatic N) is 3. The van der Waals surface area contributed by atoms with Crippen molar-refractivity contribution >= 4 is 40.6 Å². The fourth-order valence-electron chi connectivity index (χ4n) is 4.67. The molecule has 2 aromatic carbocycles. The maximum absolute atomic E-state index is 13.1. The number of nitrogens with one attached hydrogen (secondary N) is 2. The third-order valence-electron chi connectivity index (χ3n) is 6.65. The third-order valence-corrected chi connectivity index (χ3v) is 6.65. The molecule has 11 heteroatoms. The molecule has 1 saturated heterocycles. The summed E-state index contributed by atoms with van der Waals surface area (Å²) in [6, 6.07) is 14.0. The Hall–Kier alpha value is -4.12. The third kappa shape index (κ3) is 8.00. The molecule has 0 aliphatic carbocycles. The summed E-state index contributed by atoms with van der Waals surface area (Å²) >= 11 is 0. The number of amides is 1. The molecule has 2 heterocycles. The highest BCUT2D eigenvalue weighted by atomic mass is 16.6. The number of nitrogens with two attached hydrogens (primary N) is 1. The average molecular weight is 579 g/mol. The van der Waals surface area contributed by atoms with E-state index in [-0.39, 0.29) is 18.5 Å². The second kappa shape index (κ2) is 12.4. The van der Waals surface area contributed by atoms with Gasteiger partial charge in [0.25, 0.3) is 5.91 Å². The Morgan fingerprint density at radius 1 is 0.952 bits per heavy atom. The molecule has 4 rings (SSSR count). The summed E-state index contributed by atoms with van der Waals surface area (Å²) < 4.78 is 12.4. The number of esters is 1. The molecule has 1 aliphatic rings. The number of carbonyl (C=O) groups is 3. The summed E-state index contributed by atoms with van der Waals surface area (Å²) in [5.74, 6) is -0.389. The van der Waals surface area contributed by atoms with E-state index in [1.54, 1.807) is 32.9 Å². The highest BCUT2D eigenvalue weighted by molar-refractivity contribution is 5.95. The van der Waals surface area contributed by atoms with Crippen LogP contribution in [0.1, 0.15) is 64.7 Å². The minimum atomic E-state index is -0.942.